The summed E-state index contributed by atoms with van der Waals surface area (Å²) in [5.74, 6) is -0.192. The Labute approximate surface area is 142 Å². The number of benzene rings is 2. The Balaban J connectivity index is 2.11. The van der Waals surface area contributed by atoms with Crippen LogP contribution < -0.4 is 0 Å². The molecular weight excluding hydrogens is 326 g/mol. The quantitative estimate of drug-likeness (QED) is 0.618. The van der Waals surface area contributed by atoms with Crippen molar-refractivity contribution in [2.45, 2.75) is 6.42 Å². The zero-order chi connectivity index (χ0) is 16.8. The van der Waals surface area contributed by atoms with E-state index in [1.54, 1.807) is 6.07 Å². The Morgan fingerprint density at radius 2 is 1.92 bits per heavy atom. The summed E-state index contributed by atoms with van der Waals surface area (Å²) in [4.78, 5) is 16.1. The fourth-order valence-electron chi connectivity index (χ4n) is 3.11. The number of rotatable bonds is 3. The Bertz CT molecular complexity index is 1080. The summed E-state index contributed by atoms with van der Waals surface area (Å²) in [6.45, 7) is 0. The summed E-state index contributed by atoms with van der Waals surface area (Å²) in [6, 6.07) is 15.2. The van der Waals surface area contributed by atoms with E-state index in [-0.39, 0.29) is 6.42 Å². The number of carboxylic acid groups (broad SMARTS) is 1. The Morgan fingerprint density at radius 1 is 1.17 bits per heavy atom. The molecule has 2 heterocycles. The van der Waals surface area contributed by atoms with Crippen molar-refractivity contribution in [3.8, 4) is 11.3 Å². The van der Waals surface area contributed by atoms with E-state index in [9.17, 15) is 9.90 Å². The first-order valence-corrected chi connectivity index (χ1v) is 7.86. The molecule has 0 bridgehead atoms. The minimum absolute atomic E-state index is 0.104. The number of halogens is 1. The molecule has 0 saturated carbocycles. The fraction of sp³-hybridized carbons (Fsp3) is 0.111. The van der Waals surface area contributed by atoms with Gasteiger partial charge in [-0.25, -0.2) is 4.98 Å². The third-order valence-electron chi connectivity index (χ3n) is 4.16. The molecule has 6 heteroatoms. The number of carboxylic acids is 1. The summed E-state index contributed by atoms with van der Waals surface area (Å²) in [6.07, 6.45) is -0.104. The molecule has 0 unspecified atom stereocenters. The highest BCUT2D eigenvalue weighted by Crippen LogP contribution is 2.30. The number of aryl methyl sites for hydroxylation is 1. The van der Waals surface area contributed by atoms with Crippen molar-refractivity contribution in [2.24, 2.45) is 7.05 Å². The van der Waals surface area contributed by atoms with Gasteiger partial charge in [0.05, 0.1) is 28.8 Å². The molecule has 2 aromatic carbocycles. The van der Waals surface area contributed by atoms with Crippen LogP contribution in [0.2, 0.25) is 5.02 Å². The molecule has 0 spiro atoms. The molecular formula is C18H14ClN3O2. The lowest BCUT2D eigenvalue weighted by Gasteiger charge is -2.03. The molecule has 4 rings (SSSR count). The van der Waals surface area contributed by atoms with Crippen LogP contribution in [0.5, 0.6) is 0 Å². The number of aliphatic carboxylic acids is 1. The number of hydrogen-bond donors (Lipinski definition) is 1. The second-order valence-electron chi connectivity index (χ2n) is 5.67. The first-order chi connectivity index (χ1) is 11.6. The van der Waals surface area contributed by atoms with E-state index in [1.807, 2.05) is 58.5 Å². The zero-order valence-corrected chi connectivity index (χ0v) is 13.7. The molecule has 0 atom stereocenters. The Hall–Kier alpha value is -2.79. The van der Waals surface area contributed by atoms with Gasteiger partial charge >= 0.3 is 5.97 Å². The van der Waals surface area contributed by atoms with Gasteiger partial charge < -0.3 is 9.67 Å². The van der Waals surface area contributed by atoms with Crippen molar-refractivity contribution in [2.75, 3.05) is 0 Å². The standard InChI is InChI=1S/C18H14ClN3O2/c1-21-14-9-12(19)7-8-13(14)22-15(10-16(23)24)17(20-18(21)22)11-5-3-2-4-6-11/h2-9H,10H2,1H3,(H,23,24). The molecule has 0 radical (unpaired) electrons. The van der Waals surface area contributed by atoms with Gasteiger partial charge in [0, 0.05) is 17.6 Å². The normalized spacial score (nSPS) is 11.4. The predicted octanol–water partition coefficient (Wildman–Crippen LogP) is 3.77. The maximum atomic E-state index is 11.4. The van der Waals surface area contributed by atoms with Crippen LogP contribution >= 0.6 is 11.6 Å². The molecule has 120 valence electrons. The van der Waals surface area contributed by atoms with Crippen molar-refractivity contribution in [1.29, 1.82) is 0 Å². The smallest absolute Gasteiger partial charge is 0.309 e. The summed E-state index contributed by atoms with van der Waals surface area (Å²) < 4.78 is 3.83. The number of carbonyl (C=O) groups is 1. The lowest BCUT2D eigenvalue weighted by Crippen LogP contribution is -2.04. The van der Waals surface area contributed by atoms with Gasteiger partial charge in [0.15, 0.2) is 0 Å². The number of hydrogen-bond acceptors (Lipinski definition) is 2. The minimum atomic E-state index is -0.889. The minimum Gasteiger partial charge on any atom is -0.481 e. The second kappa shape index (κ2) is 5.39. The molecule has 0 aliphatic carbocycles. The van der Waals surface area contributed by atoms with Gasteiger partial charge in [0.1, 0.15) is 0 Å². The van der Waals surface area contributed by atoms with Crippen LogP contribution in [0.4, 0.5) is 0 Å². The number of fused-ring (bicyclic) bond motifs is 3. The van der Waals surface area contributed by atoms with Crippen molar-refractivity contribution >= 4 is 34.4 Å². The third-order valence-corrected chi connectivity index (χ3v) is 4.40. The SMILES string of the molecule is Cn1c2cc(Cl)ccc2n2c(CC(=O)O)c(-c3ccccc3)nc12. The average Bonchev–Trinajstić information content (AvgIpc) is 3.05. The topological polar surface area (TPSA) is 59.5 Å². The van der Waals surface area contributed by atoms with E-state index in [1.165, 1.54) is 0 Å². The van der Waals surface area contributed by atoms with E-state index in [0.717, 1.165) is 16.6 Å². The first-order valence-electron chi connectivity index (χ1n) is 7.48. The Morgan fingerprint density at radius 3 is 2.62 bits per heavy atom. The monoisotopic (exact) mass is 339 g/mol. The van der Waals surface area contributed by atoms with E-state index in [0.29, 0.717) is 22.2 Å². The van der Waals surface area contributed by atoms with Gasteiger partial charge in [0.25, 0.3) is 0 Å². The number of nitrogens with zero attached hydrogens (tertiary/aromatic N) is 3. The highest BCUT2D eigenvalue weighted by Gasteiger charge is 2.21. The number of imidazole rings is 2. The van der Waals surface area contributed by atoms with Gasteiger partial charge in [0.2, 0.25) is 5.78 Å². The molecule has 5 nitrogen and oxygen atoms in total. The molecule has 24 heavy (non-hydrogen) atoms. The van der Waals surface area contributed by atoms with E-state index in [4.69, 9.17) is 16.6 Å². The van der Waals surface area contributed by atoms with Gasteiger partial charge in [-0.2, -0.15) is 0 Å². The van der Waals surface area contributed by atoms with E-state index in [2.05, 4.69) is 0 Å². The van der Waals surface area contributed by atoms with Crippen LogP contribution in [0.15, 0.2) is 48.5 Å². The van der Waals surface area contributed by atoms with E-state index >= 15 is 0 Å². The molecule has 0 aliphatic rings. The lowest BCUT2D eigenvalue weighted by molar-refractivity contribution is -0.136. The molecule has 0 fully saturated rings. The van der Waals surface area contributed by atoms with Crippen molar-refractivity contribution in [3.63, 3.8) is 0 Å². The van der Waals surface area contributed by atoms with Crippen molar-refractivity contribution < 1.29 is 9.90 Å². The van der Waals surface area contributed by atoms with Crippen LogP contribution in [0.25, 0.3) is 28.1 Å². The lowest BCUT2D eigenvalue weighted by atomic mass is 10.1. The molecule has 0 amide bonds. The van der Waals surface area contributed by atoms with Crippen LogP contribution in [0.1, 0.15) is 5.69 Å². The molecule has 0 aliphatic heterocycles. The number of aromatic nitrogens is 3. The molecule has 2 aromatic heterocycles. The summed E-state index contributed by atoms with van der Waals surface area (Å²) in [5.41, 5.74) is 4.07. The summed E-state index contributed by atoms with van der Waals surface area (Å²) in [5, 5.41) is 10.0. The average molecular weight is 340 g/mol. The maximum absolute atomic E-state index is 11.4. The zero-order valence-electron chi connectivity index (χ0n) is 12.9. The highest BCUT2D eigenvalue weighted by molar-refractivity contribution is 6.31. The van der Waals surface area contributed by atoms with Crippen molar-refractivity contribution in [3.05, 3.63) is 59.2 Å². The molecule has 4 aromatic rings. The van der Waals surface area contributed by atoms with Gasteiger partial charge in [-0.05, 0) is 18.2 Å². The molecule has 0 saturated heterocycles. The van der Waals surface area contributed by atoms with Crippen LogP contribution in [0.3, 0.4) is 0 Å². The van der Waals surface area contributed by atoms with Crippen LogP contribution in [0, 0.1) is 0 Å². The highest BCUT2D eigenvalue weighted by atomic mass is 35.5. The second-order valence-corrected chi connectivity index (χ2v) is 6.11. The predicted molar refractivity (Wildman–Crippen MR) is 93.5 cm³/mol. The largest absolute Gasteiger partial charge is 0.481 e. The summed E-state index contributed by atoms with van der Waals surface area (Å²) >= 11 is 6.10. The van der Waals surface area contributed by atoms with Gasteiger partial charge in [-0.1, -0.05) is 41.9 Å². The van der Waals surface area contributed by atoms with Crippen LogP contribution in [-0.4, -0.2) is 25.0 Å². The van der Waals surface area contributed by atoms with Gasteiger partial charge in [-0.15, -0.1) is 0 Å². The van der Waals surface area contributed by atoms with Crippen LogP contribution in [-0.2, 0) is 18.3 Å². The van der Waals surface area contributed by atoms with E-state index < -0.39 is 5.97 Å². The fourth-order valence-corrected chi connectivity index (χ4v) is 3.28. The first kappa shape index (κ1) is 14.8. The Kier molecular flexibility index (Phi) is 3.32. The van der Waals surface area contributed by atoms with Gasteiger partial charge in [-0.3, -0.25) is 9.20 Å². The molecule has 1 N–H and O–H groups in total. The third kappa shape index (κ3) is 2.17. The summed E-state index contributed by atoms with van der Waals surface area (Å²) in [7, 11) is 1.90. The van der Waals surface area contributed by atoms with Crippen molar-refractivity contribution in [1.82, 2.24) is 14.0 Å². The maximum Gasteiger partial charge on any atom is 0.309 e.